The number of carbonyl (C=O) groups is 3. The van der Waals surface area contributed by atoms with Crippen molar-refractivity contribution in [2.24, 2.45) is 0 Å². The van der Waals surface area contributed by atoms with E-state index >= 15 is 0 Å². The van der Waals surface area contributed by atoms with Crippen molar-refractivity contribution in [1.82, 2.24) is 15.1 Å². The number of rotatable bonds is 11. The van der Waals surface area contributed by atoms with Crippen LogP contribution in [0.15, 0.2) is 48.5 Å². The van der Waals surface area contributed by atoms with Crippen LogP contribution in [0.1, 0.15) is 33.5 Å². The molecule has 0 aromatic heterocycles. The minimum Gasteiger partial charge on any atom is -0.388 e. The quantitative estimate of drug-likeness (QED) is 0.459. The van der Waals surface area contributed by atoms with Crippen LogP contribution in [-0.4, -0.2) is 92.1 Å². The van der Waals surface area contributed by atoms with Crippen molar-refractivity contribution in [1.29, 1.82) is 0 Å². The molecule has 194 valence electrons. The van der Waals surface area contributed by atoms with Gasteiger partial charge in [-0.2, -0.15) is 0 Å². The molecule has 8 nitrogen and oxygen atoms in total. The van der Waals surface area contributed by atoms with Crippen LogP contribution < -0.4 is 5.32 Å². The number of amides is 2. The molecule has 1 aliphatic heterocycles. The number of aryl methyl sites for hydroxylation is 2. The average molecular weight is 496 g/mol. The van der Waals surface area contributed by atoms with Crippen LogP contribution in [0, 0.1) is 0 Å². The summed E-state index contributed by atoms with van der Waals surface area (Å²) in [4.78, 5) is 40.4. The van der Waals surface area contributed by atoms with E-state index < -0.39 is 30.2 Å². The SMILES string of the molecule is CNC(=O)C(C(=O)CO)N(C)C(=O)c1ccc(CCc2ccc(CCN3CCCOCC3)cc2)cc1. The summed E-state index contributed by atoms with van der Waals surface area (Å²) in [6, 6.07) is 14.6. The maximum Gasteiger partial charge on any atom is 0.254 e. The Morgan fingerprint density at radius 2 is 1.53 bits per heavy atom. The van der Waals surface area contributed by atoms with E-state index in [9.17, 15) is 19.5 Å². The first-order chi connectivity index (χ1) is 17.4. The van der Waals surface area contributed by atoms with Crippen LogP contribution in [0.2, 0.25) is 0 Å². The molecule has 1 saturated heterocycles. The highest BCUT2D eigenvalue weighted by Gasteiger charge is 2.32. The number of ketones is 1. The second-order valence-corrected chi connectivity index (χ2v) is 9.13. The largest absolute Gasteiger partial charge is 0.388 e. The Morgan fingerprint density at radius 1 is 0.944 bits per heavy atom. The number of benzene rings is 2. The molecule has 36 heavy (non-hydrogen) atoms. The molecule has 0 saturated carbocycles. The highest BCUT2D eigenvalue weighted by molar-refractivity contribution is 6.10. The lowest BCUT2D eigenvalue weighted by molar-refractivity contribution is -0.135. The maximum absolute atomic E-state index is 12.8. The van der Waals surface area contributed by atoms with Gasteiger partial charge in [0, 0.05) is 45.9 Å². The third-order valence-electron chi connectivity index (χ3n) is 6.62. The smallest absolute Gasteiger partial charge is 0.254 e. The molecule has 1 atom stereocenters. The van der Waals surface area contributed by atoms with Crippen LogP contribution in [0.3, 0.4) is 0 Å². The third kappa shape index (κ3) is 7.71. The number of carbonyl (C=O) groups excluding carboxylic acids is 3. The molecular weight excluding hydrogens is 458 g/mol. The van der Waals surface area contributed by atoms with Gasteiger partial charge in [-0.15, -0.1) is 0 Å². The van der Waals surface area contributed by atoms with Gasteiger partial charge in [-0.05, 0) is 54.5 Å². The topological polar surface area (TPSA) is 99.2 Å². The van der Waals surface area contributed by atoms with Gasteiger partial charge in [0.2, 0.25) is 5.91 Å². The van der Waals surface area contributed by atoms with Gasteiger partial charge in [-0.25, -0.2) is 0 Å². The van der Waals surface area contributed by atoms with Gasteiger partial charge < -0.3 is 25.0 Å². The fraction of sp³-hybridized carbons (Fsp3) is 0.464. The molecule has 0 bridgehead atoms. The van der Waals surface area contributed by atoms with Crippen LogP contribution in [0.25, 0.3) is 0 Å². The summed E-state index contributed by atoms with van der Waals surface area (Å²) < 4.78 is 5.52. The van der Waals surface area contributed by atoms with Crippen LogP contribution in [0.5, 0.6) is 0 Å². The van der Waals surface area contributed by atoms with Gasteiger partial charge in [-0.1, -0.05) is 36.4 Å². The fourth-order valence-electron chi connectivity index (χ4n) is 4.37. The highest BCUT2D eigenvalue weighted by atomic mass is 16.5. The first-order valence-corrected chi connectivity index (χ1v) is 12.5. The summed E-state index contributed by atoms with van der Waals surface area (Å²) in [5, 5.41) is 11.5. The fourth-order valence-corrected chi connectivity index (χ4v) is 4.37. The second-order valence-electron chi connectivity index (χ2n) is 9.13. The zero-order valence-electron chi connectivity index (χ0n) is 21.2. The normalized spacial score (nSPS) is 15.1. The minimum atomic E-state index is -1.37. The van der Waals surface area contributed by atoms with Crippen molar-refractivity contribution in [3.63, 3.8) is 0 Å². The summed E-state index contributed by atoms with van der Waals surface area (Å²) in [5.41, 5.74) is 4.07. The highest BCUT2D eigenvalue weighted by Crippen LogP contribution is 2.14. The van der Waals surface area contributed by atoms with Crippen molar-refractivity contribution in [2.45, 2.75) is 31.7 Å². The zero-order valence-corrected chi connectivity index (χ0v) is 21.2. The lowest BCUT2D eigenvalue weighted by Gasteiger charge is -2.25. The Bertz CT molecular complexity index is 983. The van der Waals surface area contributed by atoms with Crippen LogP contribution in [-0.2, 0) is 33.6 Å². The molecule has 1 unspecified atom stereocenters. The summed E-state index contributed by atoms with van der Waals surface area (Å²) in [6.45, 7) is 4.04. The van der Waals surface area contributed by atoms with Gasteiger partial charge in [0.15, 0.2) is 11.8 Å². The molecule has 0 aliphatic carbocycles. The Labute approximate surface area is 213 Å². The molecule has 1 fully saturated rings. The lowest BCUT2D eigenvalue weighted by Crippen LogP contribution is -2.52. The standard InChI is InChI=1S/C28H37N3O5/c1-29-27(34)26(25(33)20-32)30(2)28(35)24-12-10-22(11-13-24)5-4-21-6-8-23(9-7-21)14-16-31-15-3-18-36-19-17-31/h6-13,26,32H,3-5,14-20H2,1-2H3,(H,29,34). The minimum absolute atomic E-state index is 0.376. The monoisotopic (exact) mass is 495 g/mol. The molecule has 0 spiro atoms. The Kier molecular flexibility index (Phi) is 10.6. The van der Waals surface area contributed by atoms with Gasteiger partial charge in [0.05, 0.1) is 6.61 Å². The van der Waals surface area contributed by atoms with E-state index in [-0.39, 0.29) is 0 Å². The number of nitrogens with zero attached hydrogens (tertiary/aromatic N) is 2. The molecule has 2 aromatic carbocycles. The van der Waals surface area contributed by atoms with E-state index in [0.717, 1.165) is 69.0 Å². The first-order valence-electron chi connectivity index (χ1n) is 12.5. The average Bonchev–Trinajstić information content (AvgIpc) is 3.20. The molecule has 2 aromatic rings. The maximum atomic E-state index is 12.8. The molecule has 3 rings (SSSR count). The summed E-state index contributed by atoms with van der Waals surface area (Å²) in [7, 11) is 2.77. The lowest BCUT2D eigenvalue weighted by atomic mass is 10.0. The number of aliphatic hydroxyl groups excluding tert-OH is 1. The van der Waals surface area contributed by atoms with Gasteiger partial charge in [-0.3, -0.25) is 14.4 Å². The number of nitrogens with one attached hydrogen (secondary N) is 1. The summed E-state index contributed by atoms with van der Waals surface area (Å²) in [6.07, 6.45) is 3.86. The number of aliphatic hydroxyl groups is 1. The van der Waals surface area contributed by atoms with Crippen LogP contribution in [0.4, 0.5) is 0 Å². The second kappa shape index (κ2) is 13.9. The number of ether oxygens (including phenoxy) is 1. The Balaban J connectivity index is 1.51. The van der Waals surface area contributed by atoms with E-state index in [1.54, 1.807) is 12.1 Å². The number of Topliss-reactive ketones (excluding diaryl/α,β-unsaturated/α-hetero) is 1. The number of likely N-dealkylation sites (N-methyl/N-ethyl adjacent to an activating group) is 2. The van der Waals surface area contributed by atoms with Crippen molar-refractivity contribution in [3.8, 4) is 0 Å². The van der Waals surface area contributed by atoms with E-state index in [0.29, 0.717) is 5.56 Å². The first kappa shape index (κ1) is 27.5. The van der Waals surface area contributed by atoms with E-state index in [2.05, 4.69) is 34.5 Å². The molecule has 2 N–H and O–H groups in total. The third-order valence-corrected chi connectivity index (χ3v) is 6.62. The predicted molar refractivity (Wildman–Crippen MR) is 138 cm³/mol. The van der Waals surface area contributed by atoms with Crippen molar-refractivity contribution in [3.05, 3.63) is 70.8 Å². The summed E-state index contributed by atoms with van der Waals surface area (Å²) >= 11 is 0. The van der Waals surface area contributed by atoms with Crippen molar-refractivity contribution in [2.75, 3.05) is 53.6 Å². The zero-order chi connectivity index (χ0) is 25.9. The number of hydrogen-bond donors (Lipinski definition) is 2. The van der Waals surface area contributed by atoms with Gasteiger partial charge in [0.1, 0.15) is 6.61 Å². The molecule has 8 heteroatoms. The molecule has 1 aliphatic rings. The predicted octanol–water partition coefficient (Wildman–Crippen LogP) is 1.48. The van der Waals surface area contributed by atoms with E-state index in [4.69, 9.17) is 4.74 Å². The van der Waals surface area contributed by atoms with Crippen molar-refractivity contribution >= 4 is 17.6 Å². The van der Waals surface area contributed by atoms with Crippen LogP contribution >= 0.6 is 0 Å². The molecule has 2 amide bonds. The number of hydrogen-bond acceptors (Lipinski definition) is 6. The van der Waals surface area contributed by atoms with Crippen molar-refractivity contribution < 1.29 is 24.2 Å². The Hall–Kier alpha value is -3.07. The molecule has 1 heterocycles. The Morgan fingerprint density at radius 3 is 2.11 bits per heavy atom. The van der Waals surface area contributed by atoms with Gasteiger partial charge >= 0.3 is 0 Å². The summed E-state index contributed by atoms with van der Waals surface area (Å²) in [5.74, 6) is -1.83. The molecule has 0 radical (unpaired) electrons. The van der Waals surface area contributed by atoms with E-state index in [1.165, 1.54) is 25.2 Å². The molecular formula is C28H37N3O5. The van der Waals surface area contributed by atoms with Gasteiger partial charge in [0.25, 0.3) is 5.91 Å². The van der Waals surface area contributed by atoms with E-state index in [1.807, 2.05) is 12.1 Å².